The van der Waals surface area contributed by atoms with Gasteiger partial charge in [0, 0.05) is 19.2 Å². The zero-order chi connectivity index (χ0) is 12.0. The van der Waals surface area contributed by atoms with Crippen molar-refractivity contribution in [3.8, 4) is 5.88 Å². The van der Waals surface area contributed by atoms with Crippen molar-refractivity contribution in [3.63, 3.8) is 0 Å². The third-order valence-electron chi connectivity index (χ3n) is 2.08. The molecule has 0 fully saturated rings. The minimum Gasteiger partial charge on any atom is -0.481 e. The van der Waals surface area contributed by atoms with Crippen molar-refractivity contribution in [1.29, 1.82) is 0 Å². The molecule has 0 spiro atoms. The number of methoxy groups -OCH3 is 1. The molecule has 0 aliphatic heterocycles. The van der Waals surface area contributed by atoms with Gasteiger partial charge in [-0.3, -0.25) is 0 Å². The molecule has 0 saturated carbocycles. The molecule has 2 N–H and O–H groups in total. The molecule has 0 amide bonds. The van der Waals surface area contributed by atoms with E-state index in [-0.39, 0.29) is 5.95 Å². The molecular weight excluding hydrogens is 204 g/mol. The maximum Gasteiger partial charge on any atom is 0.225 e. The van der Waals surface area contributed by atoms with Crippen LogP contribution in [0.25, 0.3) is 0 Å². The minimum atomic E-state index is 0.222. The first kappa shape index (κ1) is 12.3. The number of hydrogen-bond acceptors (Lipinski definition) is 5. The van der Waals surface area contributed by atoms with Gasteiger partial charge in [-0.2, -0.15) is 9.97 Å². The Labute approximate surface area is 95.9 Å². The monoisotopic (exact) mass is 222 g/mol. The Hall–Kier alpha value is -1.78. The van der Waals surface area contributed by atoms with Gasteiger partial charge in [0.25, 0.3) is 0 Å². The van der Waals surface area contributed by atoms with Crippen molar-refractivity contribution in [3.05, 3.63) is 18.7 Å². The van der Waals surface area contributed by atoms with Gasteiger partial charge in [0.05, 0.1) is 7.11 Å². The highest BCUT2D eigenvalue weighted by atomic mass is 16.5. The lowest BCUT2D eigenvalue weighted by Crippen LogP contribution is -2.25. The van der Waals surface area contributed by atoms with Crippen molar-refractivity contribution in [1.82, 2.24) is 9.97 Å². The molecule has 1 aromatic heterocycles. The van der Waals surface area contributed by atoms with Gasteiger partial charge in [0.15, 0.2) is 0 Å². The van der Waals surface area contributed by atoms with Crippen LogP contribution in [0, 0.1) is 0 Å². The predicted octanol–water partition coefficient (Wildman–Crippen LogP) is 1.47. The number of nitrogens with two attached hydrogens (primary N) is 1. The molecule has 0 atom stereocenters. The number of anilines is 2. The van der Waals surface area contributed by atoms with Crippen LogP contribution in [0.5, 0.6) is 5.88 Å². The zero-order valence-corrected chi connectivity index (χ0v) is 9.81. The van der Waals surface area contributed by atoms with Crippen LogP contribution in [-0.2, 0) is 0 Å². The van der Waals surface area contributed by atoms with E-state index in [2.05, 4.69) is 28.4 Å². The topological polar surface area (TPSA) is 64.3 Å². The summed E-state index contributed by atoms with van der Waals surface area (Å²) in [5.74, 6) is 1.47. The maximum absolute atomic E-state index is 5.61. The lowest BCUT2D eigenvalue weighted by molar-refractivity contribution is 0.397. The molecule has 0 saturated heterocycles. The molecule has 0 radical (unpaired) electrons. The van der Waals surface area contributed by atoms with E-state index in [4.69, 9.17) is 10.5 Å². The Morgan fingerprint density at radius 2 is 2.31 bits per heavy atom. The maximum atomic E-state index is 5.61. The average Bonchev–Trinajstić information content (AvgIpc) is 2.28. The summed E-state index contributed by atoms with van der Waals surface area (Å²) < 4.78 is 5.06. The van der Waals surface area contributed by atoms with Crippen molar-refractivity contribution >= 4 is 11.8 Å². The van der Waals surface area contributed by atoms with Crippen molar-refractivity contribution in [2.24, 2.45) is 0 Å². The Morgan fingerprint density at radius 3 is 2.88 bits per heavy atom. The molecule has 0 aromatic carbocycles. The third kappa shape index (κ3) is 3.12. The van der Waals surface area contributed by atoms with Crippen molar-refractivity contribution in [2.75, 3.05) is 30.8 Å². The highest BCUT2D eigenvalue weighted by Gasteiger charge is 2.08. The average molecular weight is 222 g/mol. The molecule has 88 valence electrons. The highest BCUT2D eigenvalue weighted by molar-refractivity contribution is 5.45. The van der Waals surface area contributed by atoms with Crippen LogP contribution < -0.4 is 15.4 Å². The largest absolute Gasteiger partial charge is 0.481 e. The molecule has 1 aromatic rings. The number of ether oxygens (including phenoxy) is 1. The summed E-state index contributed by atoms with van der Waals surface area (Å²) in [5, 5.41) is 0. The number of nitrogens with zero attached hydrogens (tertiary/aromatic N) is 3. The van der Waals surface area contributed by atoms with Gasteiger partial charge in [0.1, 0.15) is 5.82 Å². The van der Waals surface area contributed by atoms with Crippen molar-refractivity contribution in [2.45, 2.75) is 13.3 Å². The van der Waals surface area contributed by atoms with E-state index in [0.717, 1.165) is 25.3 Å². The molecule has 1 heterocycles. The summed E-state index contributed by atoms with van der Waals surface area (Å²) in [5.41, 5.74) is 5.61. The predicted molar refractivity (Wildman–Crippen MR) is 65.7 cm³/mol. The Morgan fingerprint density at radius 1 is 1.56 bits per heavy atom. The van der Waals surface area contributed by atoms with Crippen LogP contribution in [0.4, 0.5) is 11.8 Å². The first-order chi connectivity index (χ1) is 7.71. The summed E-state index contributed by atoms with van der Waals surface area (Å²) in [7, 11) is 1.56. The van der Waals surface area contributed by atoms with Gasteiger partial charge in [-0.05, 0) is 6.42 Å². The second-order valence-electron chi connectivity index (χ2n) is 3.36. The zero-order valence-electron chi connectivity index (χ0n) is 9.81. The van der Waals surface area contributed by atoms with Gasteiger partial charge in [-0.1, -0.05) is 13.0 Å². The second kappa shape index (κ2) is 5.95. The summed E-state index contributed by atoms with van der Waals surface area (Å²) in [6.45, 7) is 7.46. The van der Waals surface area contributed by atoms with Gasteiger partial charge >= 0.3 is 0 Å². The highest BCUT2D eigenvalue weighted by Crippen LogP contribution is 2.18. The molecule has 16 heavy (non-hydrogen) atoms. The fourth-order valence-electron chi connectivity index (χ4n) is 1.42. The summed E-state index contributed by atoms with van der Waals surface area (Å²) in [6.07, 6.45) is 2.86. The number of rotatable bonds is 6. The number of aromatic nitrogens is 2. The first-order valence-electron chi connectivity index (χ1n) is 5.25. The van der Waals surface area contributed by atoms with E-state index < -0.39 is 0 Å². The fraction of sp³-hybridized carbons (Fsp3) is 0.455. The van der Waals surface area contributed by atoms with E-state index in [1.165, 1.54) is 0 Å². The summed E-state index contributed by atoms with van der Waals surface area (Å²) >= 11 is 0. The normalized spacial score (nSPS) is 9.88. The molecule has 0 aliphatic carbocycles. The summed E-state index contributed by atoms with van der Waals surface area (Å²) in [4.78, 5) is 10.2. The molecule has 0 aliphatic rings. The van der Waals surface area contributed by atoms with Gasteiger partial charge in [-0.25, -0.2) is 0 Å². The molecule has 0 unspecified atom stereocenters. The Balaban J connectivity index is 2.97. The molecular formula is C11H18N4O. The Bertz CT molecular complexity index is 354. The van der Waals surface area contributed by atoms with Crippen molar-refractivity contribution < 1.29 is 4.74 Å². The van der Waals surface area contributed by atoms with E-state index in [1.807, 2.05) is 6.08 Å². The summed E-state index contributed by atoms with van der Waals surface area (Å²) in [6, 6.07) is 1.77. The van der Waals surface area contributed by atoms with Crippen LogP contribution in [0.3, 0.4) is 0 Å². The SMILES string of the molecule is C=CCN(CCC)c1cc(OC)nc(N)n1. The molecule has 5 heteroatoms. The third-order valence-corrected chi connectivity index (χ3v) is 2.08. The lowest BCUT2D eigenvalue weighted by Gasteiger charge is -2.21. The first-order valence-corrected chi connectivity index (χ1v) is 5.25. The van der Waals surface area contributed by atoms with Crippen LogP contribution >= 0.6 is 0 Å². The van der Waals surface area contributed by atoms with Gasteiger partial charge in [-0.15, -0.1) is 6.58 Å². The minimum absolute atomic E-state index is 0.222. The van der Waals surface area contributed by atoms with Gasteiger partial charge in [0.2, 0.25) is 11.8 Å². The lowest BCUT2D eigenvalue weighted by atomic mass is 10.3. The molecule has 0 bridgehead atoms. The van der Waals surface area contributed by atoms with Crippen LogP contribution in [0.2, 0.25) is 0 Å². The van der Waals surface area contributed by atoms with Crippen LogP contribution in [0.15, 0.2) is 18.7 Å². The molecule has 5 nitrogen and oxygen atoms in total. The smallest absolute Gasteiger partial charge is 0.225 e. The van der Waals surface area contributed by atoms with Gasteiger partial charge < -0.3 is 15.4 Å². The van der Waals surface area contributed by atoms with Crippen LogP contribution in [0.1, 0.15) is 13.3 Å². The fourth-order valence-corrected chi connectivity index (χ4v) is 1.42. The Kier molecular flexibility index (Phi) is 4.57. The quantitative estimate of drug-likeness (QED) is 0.738. The number of hydrogen-bond donors (Lipinski definition) is 1. The van der Waals surface area contributed by atoms with Crippen LogP contribution in [-0.4, -0.2) is 30.2 Å². The van der Waals surface area contributed by atoms with E-state index in [0.29, 0.717) is 5.88 Å². The standard InChI is InChI=1S/C11H18N4O/c1-4-6-15(7-5-2)9-8-10(16-3)14-11(12)13-9/h4,8H,1,5-7H2,2-3H3,(H2,12,13,14). The van der Waals surface area contributed by atoms with E-state index >= 15 is 0 Å². The van der Waals surface area contributed by atoms with E-state index in [1.54, 1.807) is 13.2 Å². The second-order valence-corrected chi connectivity index (χ2v) is 3.36. The molecule has 1 rings (SSSR count). The number of nitrogen functional groups attached to an aromatic ring is 1. The van der Waals surface area contributed by atoms with E-state index in [9.17, 15) is 0 Å².